The van der Waals surface area contributed by atoms with E-state index < -0.39 is 0 Å². The van der Waals surface area contributed by atoms with Gasteiger partial charge in [0.2, 0.25) is 0 Å². The van der Waals surface area contributed by atoms with Crippen molar-refractivity contribution in [2.75, 3.05) is 39.3 Å². The number of rotatable bonds is 6. The summed E-state index contributed by atoms with van der Waals surface area (Å²) in [6.07, 6.45) is 4.43. The van der Waals surface area contributed by atoms with Crippen molar-refractivity contribution in [2.45, 2.75) is 38.8 Å². The lowest BCUT2D eigenvalue weighted by Gasteiger charge is -2.34. The Labute approximate surface area is 207 Å². The number of carbonyl (C=O) groups is 1. The van der Waals surface area contributed by atoms with Crippen LogP contribution in [0.4, 0.5) is 9.18 Å². The predicted octanol–water partition coefficient (Wildman–Crippen LogP) is 5.65. The summed E-state index contributed by atoms with van der Waals surface area (Å²) >= 11 is 0. The summed E-state index contributed by atoms with van der Waals surface area (Å²) in [6, 6.07) is 16.2. The maximum Gasteiger partial charge on any atom is 0.320 e. The molecule has 0 unspecified atom stereocenters. The average Bonchev–Trinajstić information content (AvgIpc) is 3.39. The lowest BCUT2D eigenvalue weighted by molar-refractivity contribution is 0.158. The summed E-state index contributed by atoms with van der Waals surface area (Å²) in [7, 11) is 0. The second-order valence-electron chi connectivity index (χ2n) is 9.60. The van der Waals surface area contributed by atoms with Crippen LogP contribution in [0.15, 0.2) is 54.7 Å². The molecular weight excluding hydrogens is 451 g/mol. The monoisotopic (exact) mass is 484 g/mol. The summed E-state index contributed by atoms with van der Waals surface area (Å²) in [5.74, 6) is -0.206. The van der Waals surface area contributed by atoms with E-state index >= 15 is 0 Å². The molecule has 3 aromatic rings. The Hall–Kier alpha value is -2.57. The number of amides is 2. The quantitative estimate of drug-likeness (QED) is 0.452. The second-order valence-corrected chi connectivity index (χ2v) is 9.60. The molecular formula is C27H34ClFN4O. The van der Waals surface area contributed by atoms with Crippen LogP contribution >= 0.6 is 12.4 Å². The van der Waals surface area contributed by atoms with E-state index in [0.29, 0.717) is 6.04 Å². The molecule has 1 aromatic heterocycles. The van der Waals surface area contributed by atoms with Gasteiger partial charge >= 0.3 is 6.03 Å². The van der Waals surface area contributed by atoms with E-state index in [4.69, 9.17) is 0 Å². The van der Waals surface area contributed by atoms with Gasteiger partial charge in [-0.2, -0.15) is 0 Å². The van der Waals surface area contributed by atoms with E-state index in [9.17, 15) is 9.18 Å². The molecule has 7 heteroatoms. The first-order valence-corrected chi connectivity index (χ1v) is 12.1. The molecule has 0 spiro atoms. The molecule has 2 fully saturated rings. The number of piperidine rings is 1. The maximum absolute atomic E-state index is 13.5. The molecule has 2 aromatic carbocycles. The van der Waals surface area contributed by atoms with Gasteiger partial charge in [-0.3, -0.25) is 0 Å². The fourth-order valence-electron chi connectivity index (χ4n) is 5.34. The van der Waals surface area contributed by atoms with Gasteiger partial charge in [-0.1, -0.05) is 30.3 Å². The van der Waals surface area contributed by atoms with E-state index in [1.165, 1.54) is 23.0 Å². The van der Waals surface area contributed by atoms with Crippen molar-refractivity contribution in [3.8, 4) is 11.1 Å². The number of fused-ring (bicyclic) bond motifs is 1. The number of halogens is 2. The Kier molecular flexibility index (Phi) is 7.48. The van der Waals surface area contributed by atoms with Gasteiger partial charge in [-0.25, -0.2) is 9.18 Å². The Balaban J connectivity index is 0.00000274. The van der Waals surface area contributed by atoms with E-state index in [1.807, 2.05) is 21.9 Å². The van der Waals surface area contributed by atoms with Crippen LogP contribution in [0.2, 0.25) is 0 Å². The maximum atomic E-state index is 13.5. The Morgan fingerprint density at radius 2 is 1.65 bits per heavy atom. The number of nitrogens with zero attached hydrogens (tertiary/aromatic N) is 4. The van der Waals surface area contributed by atoms with Gasteiger partial charge < -0.3 is 19.3 Å². The number of carbonyl (C=O) groups excluding carboxylic acids is 1. The fourth-order valence-corrected chi connectivity index (χ4v) is 5.34. The number of likely N-dealkylation sites (tertiary alicyclic amines) is 1. The van der Waals surface area contributed by atoms with Crippen LogP contribution in [0.1, 0.15) is 32.7 Å². The molecule has 2 amide bonds. The highest BCUT2D eigenvalue weighted by atomic mass is 35.5. The minimum atomic E-state index is -0.206. The topological polar surface area (TPSA) is 31.7 Å². The van der Waals surface area contributed by atoms with E-state index in [2.05, 4.69) is 53.8 Å². The predicted molar refractivity (Wildman–Crippen MR) is 138 cm³/mol. The van der Waals surface area contributed by atoms with Crippen LogP contribution < -0.4 is 0 Å². The lowest BCUT2D eigenvalue weighted by atomic mass is 10.0. The Bertz CT molecular complexity index is 1120. The van der Waals surface area contributed by atoms with Crippen LogP contribution in [0.25, 0.3) is 22.0 Å². The lowest BCUT2D eigenvalue weighted by Crippen LogP contribution is -2.42. The van der Waals surface area contributed by atoms with Crippen LogP contribution in [-0.2, 0) is 0 Å². The smallest absolute Gasteiger partial charge is 0.320 e. The molecule has 5 nitrogen and oxygen atoms in total. The second kappa shape index (κ2) is 10.4. The van der Waals surface area contributed by atoms with Gasteiger partial charge in [-0.05, 0) is 50.5 Å². The standard InChI is InChI=1S/C27H33FN4O.ClH/c1-20(2)31-18-17-30(27(31)33)16-15-29-13-11-23(12-14-29)32-19-25(21-7-9-22(28)10-8-21)24-5-3-4-6-26(24)32;/h3-10,19-20,23H,11-18H2,1-2H3;1H. The molecule has 0 N–H and O–H groups in total. The Morgan fingerprint density at radius 3 is 2.32 bits per heavy atom. The molecule has 0 saturated carbocycles. The highest BCUT2D eigenvalue weighted by molar-refractivity contribution is 5.96. The molecule has 2 aliphatic heterocycles. The van der Waals surface area contributed by atoms with Gasteiger partial charge in [-0.15, -0.1) is 12.4 Å². The molecule has 0 atom stereocenters. The van der Waals surface area contributed by atoms with Gasteiger partial charge in [0.1, 0.15) is 5.82 Å². The first kappa shape index (κ1) is 24.6. The van der Waals surface area contributed by atoms with Crippen LogP contribution in [-0.4, -0.2) is 70.6 Å². The molecule has 182 valence electrons. The van der Waals surface area contributed by atoms with E-state index in [1.54, 1.807) is 0 Å². The van der Waals surface area contributed by atoms with Crippen molar-refractivity contribution >= 4 is 29.3 Å². The molecule has 5 rings (SSSR count). The number of urea groups is 1. The van der Waals surface area contributed by atoms with Gasteiger partial charge in [0.15, 0.2) is 0 Å². The first-order valence-electron chi connectivity index (χ1n) is 12.1. The molecule has 0 bridgehead atoms. The highest BCUT2D eigenvalue weighted by Crippen LogP contribution is 2.35. The van der Waals surface area contributed by atoms with Crippen molar-refractivity contribution in [3.05, 3.63) is 60.5 Å². The number of para-hydroxylation sites is 1. The third-order valence-electron chi connectivity index (χ3n) is 7.28. The third-order valence-corrected chi connectivity index (χ3v) is 7.28. The summed E-state index contributed by atoms with van der Waals surface area (Å²) in [5, 5.41) is 1.22. The summed E-state index contributed by atoms with van der Waals surface area (Å²) < 4.78 is 15.9. The average molecular weight is 485 g/mol. The minimum absolute atomic E-state index is 0. The van der Waals surface area contributed by atoms with Crippen LogP contribution in [0, 0.1) is 5.82 Å². The SMILES string of the molecule is CC(C)N1CCN(CCN2CCC(n3cc(-c4ccc(F)cc4)c4ccccc43)CC2)C1=O.Cl. The zero-order valence-electron chi connectivity index (χ0n) is 20.0. The molecule has 2 saturated heterocycles. The van der Waals surface area contributed by atoms with Crippen LogP contribution in [0.5, 0.6) is 0 Å². The Morgan fingerprint density at radius 1 is 0.941 bits per heavy atom. The zero-order chi connectivity index (χ0) is 22.9. The highest BCUT2D eigenvalue weighted by Gasteiger charge is 2.30. The molecule has 3 heterocycles. The number of hydrogen-bond donors (Lipinski definition) is 0. The van der Waals surface area contributed by atoms with Crippen molar-refractivity contribution in [3.63, 3.8) is 0 Å². The van der Waals surface area contributed by atoms with E-state index in [-0.39, 0.29) is 30.3 Å². The largest absolute Gasteiger partial charge is 0.344 e. The number of benzene rings is 2. The van der Waals surface area contributed by atoms with Crippen molar-refractivity contribution < 1.29 is 9.18 Å². The van der Waals surface area contributed by atoms with Crippen LogP contribution in [0.3, 0.4) is 0 Å². The molecule has 34 heavy (non-hydrogen) atoms. The molecule has 2 aliphatic rings. The minimum Gasteiger partial charge on any atom is -0.344 e. The fraction of sp³-hybridized carbons (Fsp3) is 0.444. The van der Waals surface area contributed by atoms with Crippen molar-refractivity contribution in [1.29, 1.82) is 0 Å². The molecule has 0 aliphatic carbocycles. The summed E-state index contributed by atoms with van der Waals surface area (Å²) in [4.78, 5) is 19.0. The number of aromatic nitrogens is 1. The normalized spacial score (nSPS) is 17.7. The first-order chi connectivity index (χ1) is 16.0. The van der Waals surface area contributed by atoms with Gasteiger partial charge in [0.05, 0.1) is 0 Å². The molecule has 0 radical (unpaired) electrons. The van der Waals surface area contributed by atoms with E-state index in [0.717, 1.165) is 63.2 Å². The summed E-state index contributed by atoms with van der Waals surface area (Å²) in [5.41, 5.74) is 3.46. The number of hydrogen-bond acceptors (Lipinski definition) is 2. The van der Waals surface area contributed by atoms with Gasteiger partial charge in [0.25, 0.3) is 0 Å². The van der Waals surface area contributed by atoms with Gasteiger partial charge in [0, 0.05) is 74.0 Å². The third kappa shape index (κ3) is 4.80. The zero-order valence-corrected chi connectivity index (χ0v) is 20.8. The van der Waals surface area contributed by atoms with Crippen molar-refractivity contribution in [1.82, 2.24) is 19.3 Å². The van der Waals surface area contributed by atoms with Crippen molar-refractivity contribution in [2.24, 2.45) is 0 Å². The summed E-state index contributed by atoms with van der Waals surface area (Å²) in [6.45, 7) is 9.69.